The molecule has 1 heterocycles. The van der Waals surface area contributed by atoms with Gasteiger partial charge in [0.2, 0.25) is 0 Å². The van der Waals surface area contributed by atoms with E-state index in [1.165, 1.54) is 0 Å². The van der Waals surface area contributed by atoms with Crippen LogP contribution in [0.4, 0.5) is 0 Å². The minimum absolute atomic E-state index is 0.123. The summed E-state index contributed by atoms with van der Waals surface area (Å²) in [5.41, 5.74) is 1.96. The molecule has 0 spiro atoms. The number of hydrogen-bond donors (Lipinski definition) is 1. The highest BCUT2D eigenvalue weighted by molar-refractivity contribution is 6.31. The van der Waals surface area contributed by atoms with Crippen LogP contribution in [0.25, 0.3) is 0 Å². The largest absolute Gasteiger partial charge is 0.393 e. The highest BCUT2D eigenvalue weighted by atomic mass is 35.5. The molecule has 0 radical (unpaired) electrons. The molecule has 0 aromatic carbocycles. The maximum Gasteiger partial charge on any atom is 0.0850 e. The van der Waals surface area contributed by atoms with Gasteiger partial charge in [0.25, 0.3) is 0 Å². The lowest BCUT2D eigenvalue weighted by atomic mass is 9.88. The Hall–Kier alpha value is -0.540. The molecule has 0 fully saturated rings. The number of hydrogen-bond acceptors (Lipinski definition) is 2. The van der Waals surface area contributed by atoms with Crippen molar-refractivity contribution in [3.8, 4) is 0 Å². The van der Waals surface area contributed by atoms with Crippen LogP contribution in [0.15, 0.2) is 0 Å². The summed E-state index contributed by atoms with van der Waals surface area (Å²) in [7, 11) is 1.88. The minimum Gasteiger partial charge on any atom is -0.393 e. The molecule has 1 N–H and O–H groups in total. The first-order valence-corrected chi connectivity index (χ1v) is 6.50. The Morgan fingerprint density at radius 1 is 1.41 bits per heavy atom. The number of rotatable bonds is 4. The van der Waals surface area contributed by atoms with Crippen LogP contribution in [0.3, 0.4) is 0 Å². The van der Waals surface area contributed by atoms with Gasteiger partial charge in [-0.25, -0.2) is 0 Å². The van der Waals surface area contributed by atoms with Gasteiger partial charge in [0.15, 0.2) is 0 Å². The fourth-order valence-corrected chi connectivity index (χ4v) is 2.41. The van der Waals surface area contributed by atoms with Gasteiger partial charge < -0.3 is 5.11 Å². The molecule has 0 saturated heterocycles. The van der Waals surface area contributed by atoms with Crippen LogP contribution >= 0.6 is 11.6 Å². The predicted molar refractivity (Wildman–Crippen MR) is 71.4 cm³/mol. The van der Waals surface area contributed by atoms with E-state index in [0.29, 0.717) is 11.4 Å². The first-order valence-electron chi connectivity index (χ1n) is 6.13. The molecule has 1 atom stereocenters. The zero-order chi connectivity index (χ0) is 13.2. The van der Waals surface area contributed by atoms with Gasteiger partial charge in [0.1, 0.15) is 0 Å². The molecule has 1 rings (SSSR count). The van der Waals surface area contributed by atoms with Gasteiger partial charge in [-0.1, -0.05) is 39.3 Å². The van der Waals surface area contributed by atoms with E-state index in [4.69, 9.17) is 11.6 Å². The maximum absolute atomic E-state index is 10.1. The van der Waals surface area contributed by atoms with E-state index >= 15 is 0 Å². The van der Waals surface area contributed by atoms with Gasteiger partial charge in [0.05, 0.1) is 22.5 Å². The highest BCUT2D eigenvalue weighted by Crippen LogP contribution is 2.26. The van der Waals surface area contributed by atoms with Gasteiger partial charge in [-0.3, -0.25) is 4.68 Å². The molecule has 1 unspecified atom stereocenters. The number of aromatic nitrogens is 2. The topological polar surface area (TPSA) is 38.0 Å². The van der Waals surface area contributed by atoms with Crippen molar-refractivity contribution >= 4 is 11.6 Å². The van der Waals surface area contributed by atoms with E-state index in [-0.39, 0.29) is 11.5 Å². The van der Waals surface area contributed by atoms with Crippen molar-refractivity contribution in [1.82, 2.24) is 9.78 Å². The third-order valence-corrected chi connectivity index (χ3v) is 3.22. The van der Waals surface area contributed by atoms with Gasteiger partial charge in [-0.05, 0) is 18.3 Å². The summed E-state index contributed by atoms with van der Waals surface area (Å²) in [5.74, 6) is 0. The molecule has 0 aliphatic carbocycles. The van der Waals surface area contributed by atoms with Crippen LogP contribution < -0.4 is 0 Å². The summed E-state index contributed by atoms with van der Waals surface area (Å²) < 4.78 is 1.78. The third kappa shape index (κ3) is 4.00. The lowest BCUT2D eigenvalue weighted by Crippen LogP contribution is -2.21. The van der Waals surface area contributed by atoms with Crippen molar-refractivity contribution in [2.24, 2.45) is 12.5 Å². The van der Waals surface area contributed by atoms with Crippen molar-refractivity contribution in [3.63, 3.8) is 0 Å². The average Bonchev–Trinajstić information content (AvgIpc) is 2.42. The van der Waals surface area contributed by atoms with Crippen LogP contribution in [-0.4, -0.2) is 21.0 Å². The zero-order valence-electron chi connectivity index (χ0n) is 11.4. The summed E-state index contributed by atoms with van der Waals surface area (Å²) in [6.07, 6.45) is 1.78. The van der Waals surface area contributed by atoms with E-state index in [0.717, 1.165) is 24.2 Å². The third-order valence-electron chi connectivity index (χ3n) is 2.78. The molecule has 0 bridgehead atoms. The number of nitrogens with zero attached hydrogens (tertiary/aromatic N) is 2. The second-order valence-electron chi connectivity index (χ2n) is 5.81. The van der Waals surface area contributed by atoms with Crippen LogP contribution in [0, 0.1) is 5.41 Å². The molecule has 0 aliphatic heterocycles. The standard InChI is InChI=1S/C13H23ClN2O/c1-6-10-12(14)11(16(5)15-10)7-9(17)8-13(2,3)4/h9,17H,6-8H2,1-5H3. The molecule has 1 aromatic rings. The molecule has 0 aliphatic rings. The van der Waals surface area contributed by atoms with Crippen LogP contribution in [0.5, 0.6) is 0 Å². The van der Waals surface area contributed by atoms with Crippen molar-refractivity contribution in [1.29, 1.82) is 0 Å². The lowest BCUT2D eigenvalue weighted by Gasteiger charge is -2.22. The average molecular weight is 259 g/mol. The summed E-state index contributed by atoms with van der Waals surface area (Å²) >= 11 is 6.25. The number of aryl methyl sites for hydroxylation is 2. The summed E-state index contributed by atoms with van der Waals surface area (Å²) in [4.78, 5) is 0. The molecule has 17 heavy (non-hydrogen) atoms. The Bertz CT molecular complexity index is 380. The van der Waals surface area contributed by atoms with E-state index in [9.17, 15) is 5.11 Å². The Balaban J connectivity index is 2.78. The predicted octanol–water partition coefficient (Wildman–Crippen LogP) is 2.98. The molecule has 4 heteroatoms. The molecule has 0 amide bonds. The molecule has 3 nitrogen and oxygen atoms in total. The Morgan fingerprint density at radius 3 is 2.41 bits per heavy atom. The fraction of sp³-hybridized carbons (Fsp3) is 0.769. The molecule has 0 saturated carbocycles. The van der Waals surface area contributed by atoms with E-state index in [2.05, 4.69) is 25.9 Å². The van der Waals surface area contributed by atoms with Crippen molar-refractivity contribution in [2.45, 2.75) is 53.1 Å². The molecular weight excluding hydrogens is 236 g/mol. The fourth-order valence-electron chi connectivity index (χ4n) is 2.04. The lowest BCUT2D eigenvalue weighted by molar-refractivity contribution is 0.119. The van der Waals surface area contributed by atoms with Gasteiger partial charge in [-0.15, -0.1) is 0 Å². The Kier molecular flexibility index (Phi) is 4.62. The Labute approximate surface area is 109 Å². The zero-order valence-corrected chi connectivity index (χ0v) is 12.2. The Morgan fingerprint density at radius 2 is 2.00 bits per heavy atom. The van der Waals surface area contributed by atoms with Crippen LogP contribution in [0.1, 0.15) is 45.5 Å². The smallest absolute Gasteiger partial charge is 0.0850 e. The first-order chi connectivity index (χ1) is 7.74. The SMILES string of the molecule is CCc1nn(C)c(CC(O)CC(C)(C)C)c1Cl. The second kappa shape index (κ2) is 5.40. The van der Waals surface area contributed by atoms with Gasteiger partial charge in [-0.2, -0.15) is 5.10 Å². The van der Waals surface area contributed by atoms with Crippen LogP contribution in [0.2, 0.25) is 5.02 Å². The number of aliphatic hydroxyl groups excluding tert-OH is 1. The van der Waals surface area contributed by atoms with E-state index < -0.39 is 0 Å². The molecular formula is C13H23ClN2O. The normalized spacial score (nSPS) is 14.1. The van der Waals surface area contributed by atoms with Gasteiger partial charge >= 0.3 is 0 Å². The summed E-state index contributed by atoms with van der Waals surface area (Å²) in [6.45, 7) is 8.40. The number of aliphatic hydroxyl groups is 1. The first kappa shape index (κ1) is 14.5. The van der Waals surface area contributed by atoms with E-state index in [1.807, 2.05) is 14.0 Å². The summed E-state index contributed by atoms with van der Waals surface area (Å²) in [5, 5.41) is 15.1. The quantitative estimate of drug-likeness (QED) is 0.902. The van der Waals surface area contributed by atoms with E-state index in [1.54, 1.807) is 4.68 Å². The van der Waals surface area contributed by atoms with Gasteiger partial charge in [0, 0.05) is 13.5 Å². The molecule has 1 aromatic heterocycles. The van der Waals surface area contributed by atoms with Crippen molar-refractivity contribution in [2.75, 3.05) is 0 Å². The monoisotopic (exact) mass is 258 g/mol. The highest BCUT2D eigenvalue weighted by Gasteiger charge is 2.21. The van der Waals surface area contributed by atoms with Crippen molar-refractivity contribution in [3.05, 3.63) is 16.4 Å². The van der Waals surface area contributed by atoms with Crippen molar-refractivity contribution < 1.29 is 5.11 Å². The minimum atomic E-state index is -0.368. The maximum atomic E-state index is 10.1. The second-order valence-corrected chi connectivity index (χ2v) is 6.19. The van der Waals surface area contributed by atoms with Crippen LogP contribution in [-0.2, 0) is 19.9 Å². The molecule has 98 valence electrons. The summed E-state index contributed by atoms with van der Waals surface area (Å²) in [6, 6.07) is 0. The number of halogens is 1.